The van der Waals surface area contributed by atoms with Crippen LogP contribution in [-0.4, -0.2) is 37.2 Å². The smallest absolute Gasteiger partial charge is 0.350 e. The van der Waals surface area contributed by atoms with Crippen molar-refractivity contribution in [2.75, 3.05) is 26.1 Å². The molecule has 9 nitrogen and oxygen atoms in total. The van der Waals surface area contributed by atoms with Crippen LogP contribution in [0.3, 0.4) is 0 Å². The summed E-state index contributed by atoms with van der Waals surface area (Å²) in [4.78, 5) is 28.3. The Bertz CT molecular complexity index is 850. The van der Waals surface area contributed by atoms with Gasteiger partial charge in [0.05, 0.1) is 38.1 Å². The molecular weight excluding hydrogens is 372 g/mol. The summed E-state index contributed by atoms with van der Waals surface area (Å²) in [6.45, 7) is 3.83. The molecule has 27 heavy (non-hydrogen) atoms. The molecule has 0 spiro atoms. The van der Waals surface area contributed by atoms with Gasteiger partial charge in [-0.3, -0.25) is 4.79 Å². The van der Waals surface area contributed by atoms with Crippen molar-refractivity contribution in [3.8, 4) is 5.75 Å². The molecule has 0 unspecified atom stereocenters. The number of nitrogens with two attached hydrogens (primary N) is 1. The van der Waals surface area contributed by atoms with Gasteiger partial charge in [0.1, 0.15) is 16.3 Å². The number of azo groups is 1. The molecule has 0 aliphatic heterocycles. The van der Waals surface area contributed by atoms with E-state index in [0.29, 0.717) is 17.1 Å². The van der Waals surface area contributed by atoms with E-state index in [1.807, 2.05) is 0 Å². The van der Waals surface area contributed by atoms with Crippen LogP contribution in [0.4, 0.5) is 16.5 Å². The number of nitrogens with zero attached hydrogens (tertiary/aromatic N) is 3. The van der Waals surface area contributed by atoms with Crippen LogP contribution in [-0.2, 0) is 20.7 Å². The number of nitrogen functional groups attached to an aromatic ring is 1. The zero-order valence-corrected chi connectivity index (χ0v) is 16.0. The van der Waals surface area contributed by atoms with Crippen LogP contribution in [0.5, 0.6) is 5.75 Å². The van der Waals surface area contributed by atoms with Gasteiger partial charge in [0.25, 0.3) is 0 Å². The van der Waals surface area contributed by atoms with Crippen LogP contribution in [0.15, 0.2) is 28.4 Å². The van der Waals surface area contributed by atoms with E-state index in [2.05, 4.69) is 15.2 Å². The number of aromatic nitrogens is 1. The van der Waals surface area contributed by atoms with E-state index in [0.717, 1.165) is 11.3 Å². The van der Waals surface area contributed by atoms with Crippen molar-refractivity contribution in [2.24, 2.45) is 10.2 Å². The quantitative estimate of drug-likeness (QED) is 0.414. The third-order valence-corrected chi connectivity index (χ3v) is 4.21. The number of rotatable bonds is 8. The Morgan fingerprint density at radius 3 is 2.59 bits per heavy atom. The van der Waals surface area contributed by atoms with Crippen molar-refractivity contribution in [3.63, 3.8) is 0 Å². The lowest BCUT2D eigenvalue weighted by atomic mass is 10.2. The van der Waals surface area contributed by atoms with Crippen LogP contribution in [0.2, 0.25) is 0 Å². The van der Waals surface area contributed by atoms with Crippen molar-refractivity contribution in [1.82, 2.24) is 4.98 Å². The maximum Gasteiger partial charge on any atom is 0.350 e. The highest BCUT2D eigenvalue weighted by atomic mass is 32.1. The third kappa shape index (κ3) is 5.48. The Labute approximate surface area is 160 Å². The summed E-state index contributed by atoms with van der Waals surface area (Å²) in [6, 6.07) is 4.97. The van der Waals surface area contributed by atoms with Gasteiger partial charge in [-0.1, -0.05) is 11.3 Å². The molecule has 0 atom stereocenters. The van der Waals surface area contributed by atoms with Gasteiger partial charge in [-0.2, -0.15) is 0 Å². The first-order valence-electron chi connectivity index (χ1n) is 8.16. The summed E-state index contributed by atoms with van der Waals surface area (Å²) < 4.78 is 15.0. The first-order valence-corrected chi connectivity index (χ1v) is 8.97. The molecule has 2 rings (SSSR count). The molecule has 0 aliphatic carbocycles. The van der Waals surface area contributed by atoms with Crippen LogP contribution >= 0.6 is 11.3 Å². The zero-order chi connectivity index (χ0) is 19.8. The number of carbonyl (C=O) groups is 2. The van der Waals surface area contributed by atoms with Crippen molar-refractivity contribution >= 4 is 39.8 Å². The number of methoxy groups -OCH3 is 1. The molecule has 1 heterocycles. The highest BCUT2D eigenvalue weighted by Gasteiger charge is 2.22. The Balaban J connectivity index is 2.31. The van der Waals surface area contributed by atoms with E-state index in [1.54, 1.807) is 32.0 Å². The Kier molecular flexibility index (Phi) is 7.24. The van der Waals surface area contributed by atoms with Gasteiger partial charge >= 0.3 is 11.9 Å². The highest BCUT2D eigenvalue weighted by Crippen LogP contribution is 2.32. The second kappa shape index (κ2) is 9.62. The van der Waals surface area contributed by atoms with Crippen LogP contribution in [0, 0.1) is 0 Å². The van der Waals surface area contributed by atoms with Crippen molar-refractivity contribution < 1.29 is 23.8 Å². The van der Waals surface area contributed by atoms with E-state index in [9.17, 15) is 9.59 Å². The molecule has 0 bridgehead atoms. The minimum atomic E-state index is -0.573. The highest BCUT2D eigenvalue weighted by molar-refractivity contribution is 7.17. The van der Waals surface area contributed by atoms with Crippen LogP contribution < -0.4 is 10.5 Å². The molecule has 2 aromatic rings. The van der Waals surface area contributed by atoms with Crippen LogP contribution in [0.25, 0.3) is 0 Å². The maximum absolute atomic E-state index is 12.1. The predicted molar refractivity (Wildman–Crippen MR) is 100.0 cm³/mol. The monoisotopic (exact) mass is 392 g/mol. The van der Waals surface area contributed by atoms with Gasteiger partial charge in [-0.05, 0) is 26.0 Å². The standard InChI is InChI=1S/C17H20N4O5S/c1-4-25-14(22)9-13-15(16(23)26-5-2)27-17(19-13)21-20-12-8-10(24-3)6-7-11(12)18/h6-8H,4-5,9,18H2,1-3H3. The minimum Gasteiger partial charge on any atom is -0.497 e. The van der Waals surface area contributed by atoms with Crippen LogP contribution in [0.1, 0.15) is 29.2 Å². The Hall–Kier alpha value is -3.01. The topological polar surface area (TPSA) is 125 Å². The number of benzene rings is 1. The van der Waals surface area contributed by atoms with E-state index in [4.69, 9.17) is 19.9 Å². The lowest BCUT2D eigenvalue weighted by Crippen LogP contribution is -2.12. The van der Waals surface area contributed by atoms with Gasteiger partial charge < -0.3 is 19.9 Å². The number of hydrogen-bond acceptors (Lipinski definition) is 10. The molecule has 0 aliphatic rings. The number of anilines is 1. The lowest BCUT2D eigenvalue weighted by Gasteiger charge is -2.02. The van der Waals surface area contributed by atoms with Gasteiger partial charge in [0.2, 0.25) is 5.13 Å². The second-order valence-corrected chi connectivity index (χ2v) is 6.08. The summed E-state index contributed by atoms with van der Waals surface area (Å²) in [5.74, 6) is -0.488. The number of thiazole rings is 1. The average molecular weight is 392 g/mol. The molecule has 1 aromatic heterocycles. The van der Waals surface area contributed by atoms with Gasteiger partial charge in [-0.25, -0.2) is 9.78 Å². The summed E-state index contributed by atoms with van der Waals surface area (Å²) in [6.07, 6.45) is -0.157. The molecular formula is C17H20N4O5S. The lowest BCUT2D eigenvalue weighted by molar-refractivity contribution is -0.142. The first-order chi connectivity index (χ1) is 13.0. The third-order valence-electron chi connectivity index (χ3n) is 3.24. The summed E-state index contributed by atoms with van der Waals surface area (Å²) in [5.41, 5.74) is 6.92. The molecule has 1 aromatic carbocycles. The fourth-order valence-electron chi connectivity index (χ4n) is 2.04. The Morgan fingerprint density at radius 1 is 1.19 bits per heavy atom. The second-order valence-electron chi connectivity index (χ2n) is 5.10. The fraction of sp³-hybridized carbons (Fsp3) is 0.353. The van der Waals surface area contributed by atoms with E-state index >= 15 is 0 Å². The van der Waals surface area contributed by atoms with Gasteiger partial charge in [0.15, 0.2) is 0 Å². The van der Waals surface area contributed by atoms with Crippen molar-refractivity contribution in [1.29, 1.82) is 0 Å². The molecule has 0 amide bonds. The summed E-state index contributed by atoms with van der Waals surface area (Å²) >= 11 is 0.977. The predicted octanol–water partition coefficient (Wildman–Crippen LogP) is 3.43. The van der Waals surface area contributed by atoms with Gasteiger partial charge in [-0.15, -0.1) is 10.2 Å². The van der Waals surface area contributed by atoms with Gasteiger partial charge in [0, 0.05) is 6.07 Å². The number of esters is 2. The minimum absolute atomic E-state index is 0.157. The summed E-state index contributed by atoms with van der Waals surface area (Å²) in [5, 5.41) is 8.28. The zero-order valence-electron chi connectivity index (χ0n) is 15.2. The fourth-order valence-corrected chi connectivity index (χ4v) is 2.84. The summed E-state index contributed by atoms with van der Waals surface area (Å²) in [7, 11) is 1.53. The molecule has 2 N–H and O–H groups in total. The van der Waals surface area contributed by atoms with E-state index in [1.165, 1.54) is 7.11 Å². The van der Waals surface area contributed by atoms with Crippen molar-refractivity contribution in [3.05, 3.63) is 28.8 Å². The number of ether oxygens (including phenoxy) is 3. The number of carbonyl (C=O) groups excluding carboxylic acids is 2. The molecule has 0 radical (unpaired) electrons. The molecule has 0 fully saturated rings. The molecule has 10 heteroatoms. The SMILES string of the molecule is CCOC(=O)Cc1nc(N=Nc2cc(OC)ccc2N)sc1C(=O)OCC. The average Bonchev–Trinajstić information content (AvgIpc) is 3.04. The Morgan fingerprint density at radius 2 is 1.93 bits per heavy atom. The van der Waals surface area contributed by atoms with E-state index < -0.39 is 11.9 Å². The largest absolute Gasteiger partial charge is 0.497 e. The molecule has 0 saturated heterocycles. The normalized spacial score (nSPS) is 10.8. The maximum atomic E-state index is 12.1. The molecule has 144 valence electrons. The number of hydrogen-bond donors (Lipinski definition) is 1. The van der Waals surface area contributed by atoms with Crippen molar-refractivity contribution in [2.45, 2.75) is 20.3 Å². The first kappa shape index (κ1) is 20.3. The molecule has 0 saturated carbocycles. The van der Waals surface area contributed by atoms with E-state index in [-0.39, 0.29) is 35.3 Å².